The summed E-state index contributed by atoms with van der Waals surface area (Å²) in [5.74, 6) is -1.10. The molecule has 0 heterocycles. The van der Waals surface area contributed by atoms with Gasteiger partial charge in [0.1, 0.15) is 0 Å². The average molecular weight is 185 g/mol. The molecule has 0 atom stereocenters. The zero-order valence-corrected chi connectivity index (χ0v) is 7.96. The van der Waals surface area contributed by atoms with Crippen molar-refractivity contribution in [3.05, 3.63) is 11.6 Å². The van der Waals surface area contributed by atoms with Gasteiger partial charge in [0.05, 0.1) is 6.42 Å². The van der Waals surface area contributed by atoms with Crippen molar-refractivity contribution in [1.29, 1.82) is 0 Å². The number of carboxylic acid groups (broad SMARTS) is 1. The number of hydrogen-bond donors (Lipinski definition) is 2. The Kier molecular flexibility index (Phi) is 5.59. The summed E-state index contributed by atoms with van der Waals surface area (Å²) in [6.45, 7) is 3.83. The van der Waals surface area contributed by atoms with Gasteiger partial charge in [-0.1, -0.05) is 13.0 Å². The van der Waals surface area contributed by atoms with E-state index >= 15 is 0 Å². The molecule has 0 saturated carbocycles. The Morgan fingerprint density at radius 1 is 1.46 bits per heavy atom. The van der Waals surface area contributed by atoms with E-state index in [9.17, 15) is 9.59 Å². The second kappa shape index (κ2) is 6.22. The molecular weight excluding hydrogens is 170 g/mol. The standard InChI is InChI=1S/C9H15NO3/c1-3-4-7(2)9(13)10-6-5-8(11)12/h4H,3,5-6H2,1-2H3,(H,10,13)(H,11,12)/b7-4+. The largest absolute Gasteiger partial charge is 0.481 e. The van der Waals surface area contributed by atoms with Gasteiger partial charge in [-0.3, -0.25) is 9.59 Å². The Bertz CT molecular complexity index is 221. The summed E-state index contributed by atoms with van der Waals surface area (Å²) >= 11 is 0. The molecule has 4 nitrogen and oxygen atoms in total. The Balaban J connectivity index is 3.75. The van der Waals surface area contributed by atoms with Crippen LogP contribution >= 0.6 is 0 Å². The maximum Gasteiger partial charge on any atom is 0.305 e. The van der Waals surface area contributed by atoms with E-state index in [1.54, 1.807) is 13.0 Å². The van der Waals surface area contributed by atoms with Crippen molar-refractivity contribution in [2.75, 3.05) is 6.54 Å². The second-order valence-electron chi connectivity index (χ2n) is 2.70. The maximum atomic E-state index is 11.1. The number of amides is 1. The van der Waals surface area contributed by atoms with E-state index in [-0.39, 0.29) is 18.9 Å². The monoisotopic (exact) mass is 185 g/mol. The minimum atomic E-state index is -0.905. The lowest BCUT2D eigenvalue weighted by Gasteiger charge is -2.02. The third-order valence-corrected chi connectivity index (χ3v) is 1.49. The van der Waals surface area contributed by atoms with Crippen LogP contribution in [0.25, 0.3) is 0 Å². The molecular formula is C9H15NO3. The molecule has 2 N–H and O–H groups in total. The van der Waals surface area contributed by atoms with Crippen LogP contribution in [-0.2, 0) is 9.59 Å². The molecule has 0 unspecified atom stereocenters. The van der Waals surface area contributed by atoms with Gasteiger partial charge in [0.25, 0.3) is 0 Å². The molecule has 0 aromatic rings. The number of carbonyl (C=O) groups is 2. The third kappa shape index (κ3) is 5.90. The normalized spacial score (nSPS) is 11.1. The summed E-state index contributed by atoms with van der Waals surface area (Å²) < 4.78 is 0. The molecule has 13 heavy (non-hydrogen) atoms. The number of carbonyl (C=O) groups excluding carboxylic acids is 1. The van der Waals surface area contributed by atoms with Crippen LogP contribution in [0.2, 0.25) is 0 Å². The number of nitrogens with one attached hydrogen (secondary N) is 1. The Labute approximate surface area is 77.6 Å². The smallest absolute Gasteiger partial charge is 0.305 e. The van der Waals surface area contributed by atoms with Gasteiger partial charge in [0.15, 0.2) is 0 Å². The molecule has 0 aromatic heterocycles. The summed E-state index contributed by atoms with van der Waals surface area (Å²) in [7, 11) is 0. The van der Waals surface area contributed by atoms with Crippen LogP contribution in [0.5, 0.6) is 0 Å². The molecule has 0 radical (unpaired) electrons. The van der Waals surface area contributed by atoms with Gasteiger partial charge in [0, 0.05) is 12.1 Å². The van der Waals surface area contributed by atoms with E-state index in [1.807, 2.05) is 6.92 Å². The topological polar surface area (TPSA) is 66.4 Å². The third-order valence-electron chi connectivity index (χ3n) is 1.49. The lowest BCUT2D eigenvalue weighted by atomic mass is 10.2. The highest BCUT2D eigenvalue weighted by Crippen LogP contribution is 1.94. The molecule has 74 valence electrons. The van der Waals surface area contributed by atoms with Crippen LogP contribution in [-0.4, -0.2) is 23.5 Å². The van der Waals surface area contributed by atoms with Crippen LogP contribution in [0.15, 0.2) is 11.6 Å². The minimum absolute atomic E-state index is 0.0366. The van der Waals surface area contributed by atoms with Crippen molar-refractivity contribution in [1.82, 2.24) is 5.32 Å². The Morgan fingerprint density at radius 2 is 2.08 bits per heavy atom. The predicted molar refractivity (Wildman–Crippen MR) is 49.3 cm³/mol. The summed E-state index contributed by atoms with van der Waals surface area (Å²) in [4.78, 5) is 21.3. The lowest BCUT2D eigenvalue weighted by Crippen LogP contribution is -2.26. The van der Waals surface area contributed by atoms with E-state index in [0.29, 0.717) is 5.57 Å². The zero-order chi connectivity index (χ0) is 10.3. The first-order valence-corrected chi connectivity index (χ1v) is 4.24. The molecule has 0 aliphatic rings. The van der Waals surface area contributed by atoms with Crippen molar-refractivity contribution in [2.24, 2.45) is 0 Å². The van der Waals surface area contributed by atoms with Crippen molar-refractivity contribution >= 4 is 11.9 Å². The maximum absolute atomic E-state index is 11.1. The molecule has 0 rings (SSSR count). The summed E-state index contributed by atoms with van der Waals surface area (Å²) in [6, 6.07) is 0. The highest BCUT2D eigenvalue weighted by atomic mass is 16.4. The first-order valence-electron chi connectivity index (χ1n) is 4.24. The van der Waals surface area contributed by atoms with Gasteiger partial charge < -0.3 is 10.4 Å². The molecule has 0 fully saturated rings. The van der Waals surface area contributed by atoms with Crippen molar-refractivity contribution < 1.29 is 14.7 Å². The highest BCUT2D eigenvalue weighted by Gasteiger charge is 2.03. The van der Waals surface area contributed by atoms with E-state index in [0.717, 1.165) is 6.42 Å². The van der Waals surface area contributed by atoms with E-state index in [4.69, 9.17) is 5.11 Å². The fourth-order valence-corrected chi connectivity index (χ4v) is 0.821. The predicted octanol–water partition coefficient (Wildman–Crippen LogP) is 0.934. The van der Waals surface area contributed by atoms with Gasteiger partial charge in [-0.25, -0.2) is 0 Å². The van der Waals surface area contributed by atoms with E-state index < -0.39 is 5.97 Å². The summed E-state index contributed by atoms with van der Waals surface area (Å²) in [5.41, 5.74) is 0.632. The fourth-order valence-electron chi connectivity index (χ4n) is 0.821. The van der Waals surface area contributed by atoms with Crippen LogP contribution in [0.1, 0.15) is 26.7 Å². The first-order chi connectivity index (χ1) is 6.07. The van der Waals surface area contributed by atoms with Crippen molar-refractivity contribution in [3.63, 3.8) is 0 Å². The molecule has 0 spiro atoms. The summed E-state index contributed by atoms with van der Waals surface area (Å²) in [6.07, 6.45) is 2.57. The second-order valence-corrected chi connectivity index (χ2v) is 2.70. The number of hydrogen-bond acceptors (Lipinski definition) is 2. The van der Waals surface area contributed by atoms with Crippen molar-refractivity contribution in [3.8, 4) is 0 Å². The molecule has 0 aromatic carbocycles. The molecule has 4 heteroatoms. The Morgan fingerprint density at radius 3 is 2.54 bits per heavy atom. The summed E-state index contributed by atoms with van der Waals surface area (Å²) in [5, 5.41) is 10.8. The number of aliphatic carboxylic acids is 1. The first kappa shape index (κ1) is 11.7. The lowest BCUT2D eigenvalue weighted by molar-refractivity contribution is -0.136. The zero-order valence-electron chi connectivity index (χ0n) is 7.96. The molecule has 0 aliphatic carbocycles. The SMILES string of the molecule is CC/C=C(\C)C(=O)NCCC(=O)O. The Hall–Kier alpha value is -1.32. The van der Waals surface area contributed by atoms with Gasteiger partial charge in [-0.05, 0) is 13.3 Å². The number of rotatable bonds is 5. The van der Waals surface area contributed by atoms with Gasteiger partial charge in [-0.2, -0.15) is 0 Å². The highest BCUT2D eigenvalue weighted by molar-refractivity contribution is 5.92. The van der Waals surface area contributed by atoms with Crippen LogP contribution in [0.3, 0.4) is 0 Å². The van der Waals surface area contributed by atoms with Crippen molar-refractivity contribution in [2.45, 2.75) is 26.7 Å². The molecule has 0 saturated heterocycles. The average Bonchev–Trinajstić information content (AvgIpc) is 2.04. The minimum Gasteiger partial charge on any atom is -0.481 e. The fraction of sp³-hybridized carbons (Fsp3) is 0.556. The van der Waals surface area contributed by atoms with Crippen LogP contribution in [0, 0.1) is 0 Å². The van der Waals surface area contributed by atoms with Crippen LogP contribution in [0.4, 0.5) is 0 Å². The quantitative estimate of drug-likeness (QED) is 0.626. The number of carboxylic acids is 1. The van der Waals surface area contributed by atoms with E-state index in [1.165, 1.54) is 0 Å². The van der Waals surface area contributed by atoms with Gasteiger partial charge in [-0.15, -0.1) is 0 Å². The molecule has 0 bridgehead atoms. The van der Waals surface area contributed by atoms with E-state index in [2.05, 4.69) is 5.32 Å². The van der Waals surface area contributed by atoms with Gasteiger partial charge in [0.2, 0.25) is 5.91 Å². The molecule has 1 amide bonds. The molecule has 0 aliphatic heterocycles. The van der Waals surface area contributed by atoms with Gasteiger partial charge >= 0.3 is 5.97 Å². The van der Waals surface area contributed by atoms with Crippen LogP contribution < -0.4 is 5.32 Å². The number of allylic oxidation sites excluding steroid dienone is 1.